The Balaban J connectivity index is 1.68. The minimum Gasteiger partial charge on any atom is -0.337 e. The third kappa shape index (κ3) is 6.24. The predicted octanol–water partition coefficient (Wildman–Crippen LogP) is 4.56. The zero-order chi connectivity index (χ0) is 17.2. The molecular weight excluding hydrogens is 340 g/mol. The first-order chi connectivity index (χ1) is 11.7. The summed E-state index contributed by atoms with van der Waals surface area (Å²) in [4.78, 5) is 6.72. The summed E-state index contributed by atoms with van der Waals surface area (Å²) >= 11 is 0. The lowest BCUT2D eigenvalue weighted by molar-refractivity contribution is 0.315. The van der Waals surface area contributed by atoms with E-state index in [0.717, 1.165) is 50.2 Å². The Morgan fingerprint density at radius 3 is 2.54 bits per heavy atom. The molecule has 0 amide bonds. The zero-order valence-corrected chi connectivity index (χ0v) is 15.7. The van der Waals surface area contributed by atoms with Crippen molar-refractivity contribution in [3.8, 4) is 11.3 Å². The van der Waals surface area contributed by atoms with Gasteiger partial charge < -0.3 is 9.47 Å². The quantitative estimate of drug-likeness (QED) is 0.549. The average Bonchev–Trinajstić information content (AvgIpc) is 3.08. The maximum absolute atomic E-state index is 10.7. The zero-order valence-electron chi connectivity index (χ0n) is 13.9. The second-order valence-corrected chi connectivity index (χ2v) is 7.93. The van der Waals surface area contributed by atoms with Crippen molar-refractivity contribution < 1.29 is 9.13 Å². The molecule has 0 aliphatic heterocycles. The average molecular weight is 363 g/mol. The molecule has 2 rings (SSSR count). The minimum atomic E-state index is -0.249. The van der Waals surface area contributed by atoms with Crippen LogP contribution in [0.2, 0.25) is 0 Å². The molecule has 0 aliphatic rings. The number of aryl methyl sites for hydroxylation is 1. The van der Waals surface area contributed by atoms with Crippen molar-refractivity contribution >= 4 is 16.9 Å². The molecule has 0 unspecified atom stereocenters. The third-order valence-corrected chi connectivity index (χ3v) is 5.47. The van der Waals surface area contributed by atoms with E-state index in [0.29, 0.717) is 0 Å². The van der Waals surface area contributed by atoms with Gasteiger partial charge in [-0.25, -0.2) is 4.98 Å². The van der Waals surface area contributed by atoms with Gasteiger partial charge in [0.05, 0.1) is 12.0 Å². The van der Waals surface area contributed by atoms with Gasteiger partial charge in [0.15, 0.2) is 16.9 Å². The molecule has 0 aliphatic carbocycles. The van der Waals surface area contributed by atoms with Gasteiger partial charge in [-0.15, -0.1) is 0 Å². The normalized spacial score (nSPS) is 12.9. The smallest absolute Gasteiger partial charge is 0.171 e. The molecule has 128 valence electrons. The van der Waals surface area contributed by atoms with E-state index < -0.39 is 0 Å². The van der Waals surface area contributed by atoms with Crippen LogP contribution >= 0.6 is 16.9 Å². The molecule has 0 radical (unpaired) electrons. The van der Waals surface area contributed by atoms with Gasteiger partial charge >= 0.3 is 0 Å². The summed E-state index contributed by atoms with van der Waals surface area (Å²) < 4.78 is 23.6. The van der Waals surface area contributed by atoms with Crippen LogP contribution in [0.5, 0.6) is 0 Å². The Morgan fingerprint density at radius 2 is 1.83 bits per heavy atom. The van der Waals surface area contributed by atoms with E-state index >= 15 is 0 Å². The van der Waals surface area contributed by atoms with Gasteiger partial charge in [-0.05, 0) is 39.4 Å². The summed E-state index contributed by atoms with van der Waals surface area (Å²) in [5.41, 5.74) is 2.14. The fourth-order valence-electron chi connectivity index (χ4n) is 2.54. The van der Waals surface area contributed by atoms with Crippen LogP contribution in [0.15, 0.2) is 42.9 Å². The molecule has 0 bridgehead atoms. The fraction of sp³-hybridized carbons (Fsp3) is 0.471. The Kier molecular flexibility index (Phi) is 8.24. The lowest BCUT2D eigenvalue weighted by atomic mass is 10.2. The van der Waals surface area contributed by atoms with Crippen molar-refractivity contribution in [1.82, 2.24) is 14.5 Å². The molecule has 0 saturated heterocycles. The Hall–Kier alpha value is -1.41. The molecule has 1 heterocycles. The maximum atomic E-state index is 10.7. The number of imidazole rings is 1. The second kappa shape index (κ2) is 10.5. The van der Waals surface area contributed by atoms with E-state index in [4.69, 9.17) is 0 Å². The third-order valence-electron chi connectivity index (χ3n) is 3.90. The molecule has 24 heavy (non-hydrogen) atoms. The van der Waals surface area contributed by atoms with Crippen LogP contribution in [0.3, 0.4) is 0 Å². The lowest BCUT2D eigenvalue weighted by Gasteiger charge is -2.16. The van der Waals surface area contributed by atoms with Gasteiger partial charge in [0.1, 0.15) is 5.40 Å². The number of rotatable bonds is 11. The monoisotopic (exact) mass is 363 g/mol. The summed E-state index contributed by atoms with van der Waals surface area (Å²) in [5, 5.41) is -0.249. The molecule has 0 fully saturated rings. The van der Waals surface area contributed by atoms with E-state index in [1.807, 2.05) is 24.5 Å². The molecule has 5 nitrogen and oxygen atoms in total. The largest absolute Gasteiger partial charge is 0.337 e. The minimum absolute atomic E-state index is 0.0227. The van der Waals surface area contributed by atoms with Crippen LogP contribution in [0.4, 0.5) is 0 Å². The molecule has 0 spiro atoms. The van der Waals surface area contributed by atoms with Crippen LogP contribution < -0.4 is 0 Å². The molecule has 0 N–H and O–H groups in total. The van der Waals surface area contributed by atoms with Crippen LogP contribution in [0, 0.1) is 0 Å². The van der Waals surface area contributed by atoms with Crippen molar-refractivity contribution in [2.45, 2.75) is 31.2 Å². The highest BCUT2D eigenvalue weighted by Crippen LogP contribution is 2.23. The number of aromatic nitrogens is 2. The van der Waals surface area contributed by atoms with E-state index in [1.54, 1.807) is 0 Å². The topological polar surface area (TPSA) is 55.2 Å². The number of hydrogen-bond donors (Lipinski definition) is 0. The number of nitrogens with zero attached hydrogens (tertiary/aromatic N) is 3. The highest BCUT2D eigenvalue weighted by molar-refractivity contribution is 7.44. The number of hydrogen-bond acceptors (Lipinski definition) is 4. The fourth-order valence-corrected chi connectivity index (χ4v) is 3.27. The molecule has 0 atom stereocenters. The maximum Gasteiger partial charge on any atom is 0.171 e. The first-order valence-electron chi connectivity index (χ1n) is 8.13. The predicted molar refractivity (Wildman–Crippen MR) is 98.0 cm³/mol. The van der Waals surface area contributed by atoms with Crippen molar-refractivity contribution in [3.63, 3.8) is 0 Å². The summed E-state index contributed by atoms with van der Waals surface area (Å²) in [6.07, 6.45) is 6.65. The van der Waals surface area contributed by atoms with Crippen molar-refractivity contribution in [3.05, 3.63) is 42.9 Å². The second-order valence-electron chi connectivity index (χ2n) is 5.85. The van der Waals surface area contributed by atoms with Gasteiger partial charge in [0, 0.05) is 18.3 Å². The summed E-state index contributed by atoms with van der Waals surface area (Å²) in [7, 11) is 2.04. The van der Waals surface area contributed by atoms with E-state index in [9.17, 15) is 9.13 Å². The molecule has 1 aromatic heterocycles. The van der Waals surface area contributed by atoms with Crippen molar-refractivity contribution in [2.24, 2.45) is 0 Å². The van der Waals surface area contributed by atoms with E-state index in [1.165, 1.54) is 0 Å². The van der Waals surface area contributed by atoms with Gasteiger partial charge in [-0.1, -0.05) is 30.3 Å². The molecular formula is C17H23N3O2P2. The SMILES string of the molecule is CN(CCCC(P=O)P=O)CCCn1cnc(-c2ccccc2)c1. The van der Waals surface area contributed by atoms with Gasteiger partial charge in [-0.2, -0.15) is 0 Å². The Bertz CT molecular complexity index is 626. The summed E-state index contributed by atoms with van der Waals surface area (Å²) in [5.74, 6) is 0. The summed E-state index contributed by atoms with van der Waals surface area (Å²) in [6, 6.07) is 10.2. The van der Waals surface area contributed by atoms with Gasteiger partial charge in [0.2, 0.25) is 0 Å². The van der Waals surface area contributed by atoms with Crippen molar-refractivity contribution in [2.75, 3.05) is 20.1 Å². The molecule has 1 aromatic carbocycles. The van der Waals surface area contributed by atoms with E-state index in [-0.39, 0.29) is 22.3 Å². The van der Waals surface area contributed by atoms with Gasteiger partial charge in [0.25, 0.3) is 0 Å². The van der Waals surface area contributed by atoms with Crippen LogP contribution in [-0.4, -0.2) is 40.0 Å². The standard InChI is InChI=1S/C17H23N3O2P2/c1-19(10-5-9-17(23-21)24-22)11-6-12-20-13-16(18-14-20)15-7-3-2-4-8-15/h2-4,7-8,13-14,17H,5-6,9-12H2,1H3. The number of benzene rings is 1. The highest BCUT2D eigenvalue weighted by atomic mass is 31.1. The highest BCUT2D eigenvalue weighted by Gasteiger charge is 2.08. The van der Waals surface area contributed by atoms with Crippen molar-refractivity contribution in [1.29, 1.82) is 0 Å². The Labute approximate surface area is 146 Å². The van der Waals surface area contributed by atoms with Crippen LogP contribution in [0.25, 0.3) is 11.3 Å². The van der Waals surface area contributed by atoms with Gasteiger partial charge in [-0.3, -0.25) is 9.13 Å². The van der Waals surface area contributed by atoms with E-state index in [2.05, 4.69) is 39.8 Å². The first-order valence-corrected chi connectivity index (χ1v) is 9.90. The molecule has 7 heteroatoms. The molecule has 2 aromatic rings. The summed E-state index contributed by atoms with van der Waals surface area (Å²) in [6.45, 7) is 2.86. The molecule has 0 saturated carbocycles. The van der Waals surface area contributed by atoms with Crippen LogP contribution in [0.1, 0.15) is 19.3 Å². The van der Waals surface area contributed by atoms with Crippen LogP contribution in [-0.2, 0) is 15.7 Å². The Morgan fingerprint density at radius 1 is 1.12 bits per heavy atom. The first kappa shape index (κ1) is 18.9. The lowest BCUT2D eigenvalue weighted by Crippen LogP contribution is -2.22.